The van der Waals surface area contributed by atoms with Crippen LogP contribution in [-0.2, 0) is 5.41 Å². The third-order valence-corrected chi connectivity index (χ3v) is 7.53. The predicted molar refractivity (Wildman–Crippen MR) is 122 cm³/mol. The van der Waals surface area contributed by atoms with E-state index in [9.17, 15) is 14.0 Å². The third-order valence-electron chi connectivity index (χ3n) is 7.53. The van der Waals surface area contributed by atoms with Crippen LogP contribution < -0.4 is 15.0 Å². The van der Waals surface area contributed by atoms with E-state index in [1.165, 1.54) is 23.8 Å². The number of carbonyl (C=O) groups excluding carboxylic acids is 1. The summed E-state index contributed by atoms with van der Waals surface area (Å²) in [5.74, 6) is 0.823. The van der Waals surface area contributed by atoms with Gasteiger partial charge in [0.15, 0.2) is 11.5 Å². The molecular weight excluding hydrogens is 423 g/mol. The zero-order valence-electron chi connectivity index (χ0n) is 18.4. The number of rotatable bonds is 1. The summed E-state index contributed by atoms with van der Waals surface area (Å²) in [5.41, 5.74) is 2.38. The average molecular weight is 448 g/mol. The Kier molecular flexibility index (Phi) is 4.50. The number of nitrogens with one attached hydrogen (secondary N) is 1. The van der Waals surface area contributed by atoms with Crippen LogP contribution in [0.1, 0.15) is 60.1 Å². The van der Waals surface area contributed by atoms with Crippen molar-refractivity contribution in [3.63, 3.8) is 0 Å². The largest absolute Gasteiger partial charge is 0.486 e. The van der Waals surface area contributed by atoms with E-state index in [4.69, 9.17) is 9.47 Å². The van der Waals surface area contributed by atoms with E-state index >= 15 is 0 Å². The summed E-state index contributed by atoms with van der Waals surface area (Å²) in [4.78, 5) is 30.8. The fraction of sp³-hybridized carbons (Fsp3) is 0.385. The van der Waals surface area contributed by atoms with Gasteiger partial charge in [0.1, 0.15) is 19.0 Å². The number of halogens is 1. The monoisotopic (exact) mass is 448 g/mol. The molecule has 33 heavy (non-hydrogen) atoms. The van der Waals surface area contributed by atoms with Crippen molar-refractivity contribution < 1.29 is 18.7 Å². The van der Waals surface area contributed by atoms with E-state index in [0.29, 0.717) is 42.0 Å². The molecule has 1 atom stereocenters. The van der Waals surface area contributed by atoms with Crippen LogP contribution in [-0.4, -0.2) is 35.5 Å². The molecule has 1 saturated carbocycles. The number of carbonyl (C=O) groups is 1. The maximum atomic E-state index is 13.9. The molecule has 1 spiro atoms. The number of benzene rings is 2. The molecule has 1 fully saturated rings. The molecular formula is C26H25FN2O4. The highest BCUT2D eigenvalue weighted by molar-refractivity contribution is 6.06. The van der Waals surface area contributed by atoms with Crippen LogP contribution in [0.15, 0.2) is 41.2 Å². The molecule has 0 radical (unpaired) electrons. The van der Waals surface area contributed by atoms with E-state index in [0.717, 1.165) is 37.0 Å². The lowest BCUT2D eigenvalue weighted by molar-refractivity contribution is 0.0595. The Morgan fingerprint density at radius 2 is 1.82 bits per heavy atom. The molecule has 1 unspecified atom stereocenters. The molecule has 3 heterocycles. The first-order valence-electron chi connectivity index (χ1n) is 11.5. The summed E-state index contributed by atoms with van der Waals surface area (Å²) >= 11 is 0. The van der Waals surface area contributed by atoms with Crippen molar-refractivity contribution >= 4 is 16.8 Å². The highest BCUT2D eigenvalue weighted by atomic mass is 19.1. The number of pyridine rings is 1. The third kappa shape index (κ3) is 3.13. The van der Waals surface area contributed by atoms with E-state index in [2.05, 4.69) is 11.1 Å². The Hall–Kier alpha value is -3.35. The molecule has 3 aromatic rings. The molecule has 0 saturated heterocycles. The minimum Gasteiger partial charge on any atom is -0.486 e. The van der Waals surface area contributed by atoms with Gasteiger partial charge in [-0.2, -0.15) is 0 Å². The number of aromatic amines is 1. The van der Waals surface area contributed by atoms with Gasteiger partial charge in [-0.25, -0.2) is 4.39 Å². The predicted octanol–water partition coefficient (Wildman–Crippen LogP) is 4.47. The fourth-order valence-electron chi connectivity index (χ4n) is 5.92. The lowest BCUT2D eigenvalue weighted by Gasteiger charge is -2.46. The van der Waals surface area contributed by atoms with Gasteiger partial charge in [0.05, 0.1) is 17.1 Å². The summed E-state index contributed by atoms with van der Waals surface area (Å²) < 4.78 is 25.5. The SMILES string of the molecule is CC1c2cc3c(cc2C2(CCCC2)CN1C(=O)c1cc(=O)[nH]c2cc(F)ccc12)OCCO3. The van der Waals surface area contributed by atoms with Gasteiger partial charge < -0.3 is 19.4 Å². The van der Waals surface area contributed by atoms with Gasteiger partial charge >= 0.3 is 0 Å². The first kappa shape index (κ1) is 20.3. The Morgan fingerprint density at radius 3 is 2.58 bits per heavy atom. The molecule has 7 heteroatoms. The van der Waals surface area contributed by atoms with Crippen LogP contribution >= 0.6 is 0 Å². The number of aromatic nitrogens is 1. The van der Waals surface area contributed by atoms with Gasteiger partial charge in [-0.05, 0) is 61.2 Å². The number of amides is 1. The molecule has 1 amide bonds. The van der Waals surface area contributed by atoms with Crippen molar-refractivity contribution in [2.24, 2.45) is 0 Å². The Balaban J connectivity index is 1.49. The molecule has 1 N–H and O–H groups in total. The summed E-state index contributed by atoms with van der Waals surface area (Å²) in [6.45, 7) is 3.64. The summed E-state index contributed by atoms with van der Waals surface area (Å²) in [7, 11) is 0. The Bertz CT molecular complexity index is 1340. The van der Waals surface area contributed by atoms with Crippen molar-refractivity contribution in [1.82, 2.24) is 9.88 Å². The molecule has 6 nitrogen and oxygen atoms in total. The zero-order chi connectivity index (χ0) is 22.7. The second-order valence-corrected chi connectivity index (χ2v) is 9.42. The van der Waals surface area contributed by atoms with E-state index in [-0.39, 0.29) is 17.4 Å². The van der Waals surface area contributed by atoms with Crippen molar-refractivity contribution in [2.75, 3.05) is 19.8 Å². The Labute approximate surface area is 190 Å². The van der Waals surface area contributed by atoms with Gasteiger partial charge in [0.25, 0.3) is 5.91 Å². The molecule has 1 aromatic heterocycles. The highest BCUT2D eigenvalue weighted by Crippen LogP contribution is 2.52. The van der Waals surface area contributed by atoms with Crippen LogP contribution in [0.25, 0.3) is 10.9 Å². The van der Waals surface area contributed by atoms with E-state index < -0.39 is 11.4 Å². The van der Waals surface area contributed by atoms with Crippen LogP contribution in [0, 0.1) is 5.82 Å². The van der Waals surface area contributed by atoms with Crippen LogP contribution in [0.4, 0.5) is 4.39 Å². The van der Waals surface area contributed by atoms with Crippen LogP contribution in [0.5, 0.6) is 11.5 Å². The molecule has 6 rings (SSSR count). The summed E-state index contributed by atoms with van der Waals surface area (Å²) in [6, 6.07) is 9.40. The minimum atomic E-state index is -0.458. The number of nitrogens with zero attached hydrogens (tertiary/aromatic N) is 1. The van der Waals surface area contributed by atoms with Gasteiger partial charge in [0.2, 0.25) is 5.56 Å². The van der Waals surface area contributed by atoms with Gasteiger partial charge in [-0.15, -0.1) is 0 Å². The molecule has 1 aliphatic carbocycles. The first-order valence-corrected chi connectivity index (χ1v) is 11.5. The number of ether oxygens (including phenoxy) is 2. The number of hydrogen-bond donors (Lipinski definition) is 1. The lowest BCUT2D eigenvalue weighted by Crippen LogP contribution is -2.49. The van der Waals surface area contributed by atoms with Gasteiger partial charge in [-0.3, -0.25) is 9.59 Å². The van der Waals surface area contributed by atoms with E-state index in [1.54, 1.807) is 6.07 Å². The van der Waals surface area contributed by atoms with Crippen molar-refractivity contribution in [3.8, 4) is 11.5 Å². The molecule has 3 aliphatic rings. The topological polar surface area (TPSA) is 71.6 Å². The maximum absolute atomic E-state index is 13.9. The Morgan fingerprint density at radius 1 is 1.09 bits per heavy atom. The minimum absolute atomic E-state index is 0.142. The van der Waals surface area contributed by atoms with Crippen molar-refractivity contribution in [2.45, 2.75) is 44.1 Å². The quantitative estimate of drug-likeness (QED) is 0.596. The number of fused-ring (bicyclic) bond motifs is 4. The molecule has 2 aromatic carbocycles. The average Bonchev–Trinajstić information content (AvgIpc) is 3.28. The molecule has 0 bridgehead atoms. The maximum Gasteiger partial charge on any atom is 0.255 e. The van der Waals surface area contributed by atoms with Gasteiger partial charge in [-0.1, -0.05) is 12.8 Å². The first-order chi connectivity index (χ1) is 15.9. The smallest absolute Gasteiger partial charge is 0.255 e. The highest BCUT2D eigenvalue weighted by Gasteiger charge is 2.46. The van der Waals surface area contributed by atoms with Crippen LogP contribution in [0.3, 0.4) is 0 Å². The zero-order valence-corrected chi connectivity index (χ0v) is 18.4. The number of H-pyrrole nitrogens is 1. The summed E-state index contributed by atoms with van der Waals surface area (Å²) in [5, 5.41) is 0.543. The standard InChI is InChI=1S/C26H25FN2O4/c1-15-18-11-22-23(33-9-8-32-22)13-20(18)26(6-2-3-7-26)14-29(15)25(31)19-12-24(30)28-21-10-16(27)4-5-17(19)21/h4-5,10-13,15H,2-3,6-9,14H2,1H3,(H,28,30). The van der Waals surface area contributed by atoms with Crippen LogP contribution in [0.2, 0.25) is 0 Å². The van der Waals surface area contributed by atoms with Crippen molar-refractivity contribution in [3.05, 3.63) is 69.3 Å². The summed E-state index contributed by atoms with van der Waals surface area (Å²) in [6.07, 6.45) is 4.21. The second kappa shape index (κ2) is 7.33. The molecule has 170 valence electrons. The molecule has 2 aliphatic heterocycles. The second-order valence-electron chi connectivity index (χ2n) is 9.42. The van der Waals surface area contributed by atoms with Crippen molar-refractivity contribution in [1.29, 1.82) is 0 Å². The van der Waals surface area contributed by atoms with E-state index in [1.807, 2.05) is 17.9 Å². The van der Waals surface area contributed by atoms with Gasteiger partial charge in [0, 0.05) is 23.4 Å². The lowest BCUT2D eigenvalue weighted by atomic mass is 9.71. The normalized spacial score (nSPS) is 20.8. The number of hydrogen-bond acceptors (Lipinski definition) is 4. The fourth-order valence-corrected chi connectivity index (χ4v) is 5.92.